The Morgan fingerprint density at radius 1 is 1.50 bits per heavy atom. The van der Waals surface area contributed by atoms with Crippen molar-refractivity contribution in [1.29, 1.82) is 0 Å². The van der Waals surface area contributed by atoms with Crippen molar-refractivity contribution in [3.8, 4) is 0 Å². The van der Waals surface area contributed by atoms with Crippen LogP contribution in [-0.4, -0.2) is 51.2 Å². The van der Waals surface area contributed by atoms with Crippen LogP contribution >= 0.6 is 0 Å². The average Bonchev–Trinajstić information content (AvgIpc) is 2.19. The van der Waals surface area contributed by atoms with Gasteiger partial charge < -0.3 is 15.0 Å². The summed E-state index contributed by atoms with van der Waals surface area (Å²) in [6.45, 7) is 2.99. The monoisotopic (exact) mass is 200 g/mol. The van der Waals surface area contributed by atoms with Gasteiger partial charge in [0.25, 0.3) is 0 Å². The largest absolute Gasteiger partial charge is 0.381 e. The van der Waals surface area contributed by atoms with Gasteiger partial charge >= 0.3 is 0 Å². The first kappa shape index (κ1) is 11.5. The summed E-state index contributed by atoms with van der Waals surface area (Å²) in [5.74, 6) is 0.786. The summed E-state index contributed by atoms with van der Waals surface area (Å²) in [5.41, 5.74) is 0. The van der Waals surface area contributed by atoms with Crippen molar-refractivity contribution in [3.05, 3.63) is 0 Å². The molecule has 0 saturated carbocycles. The number of nitrogens with one attached hydrogen (secondary N) is 1. The Bertz CT molecular complexity index is 179. The van der Waals surface area contributed by atoms with Gasteiger partial charge in [-0.25, -0.2) is 0 Å². The topological polar surface area (TPSA) is 41.6 Å². The van der Waals surface area contributed by atoms with Crippen molar-refractivity contribution in [3.63, 3.8) is 0 Å². The number of likely N-dealkylation sites (N-methyl/N-ethyl adjacent to an activating group) is 2. The van der Waals surface area contributed by atoms with Crippen molar-refractivity contribution < 1.29 is 9.53 Å². The molecule has 0 radical (unpaired) electrons. The highest BCUT2D eigenvalue weighted by Crippen LogP contribution is 2.15. The van der Waals surface area contributed by atoms with E-state index in [2.05, 4.69) is 5.32 Å². The van der Waals surface area contributed by atoms with E-state index in [0.29, 0.717) is 12.5 Å². The first-order chi connectivity index (χ1) is 6.74. The Hall–Kier alpha value is -0.610. The van der Waals surface area contributed by atoms with E-state index in [1.54, 1.807) is 7.05 Å². The standard InChI is InChI=1S/C10H20N2O2/c1-11-7-10(13)12(2)8-9-3-5-14-6-4-9/h9,11H,3-8H2,1-2H3. The van der Waals surface area contributed by atoms with E-state index in [9.17, 15) is 4.79 Å². The van der Waals surface area contributed by atoms with Crippen LogP contribution < -0.4 is 5.32 Å². The molecule has 0 aromatic rings. The Kier molecular flexibility index (Phi) is 4.90. The van der Waals surface area contributed by atoms with Crippen LogP contribution in [-0.2, 0) is 9.53 Å². The van der Waals surface area contributed by atoms with Crippen LogP contribution in [0.25, 0.3) is 0 Å². The quantitative estimate of drug-likeness (QED) is 0.699. The fraction of sp³-hybridized carbons (Fsp3) is 0.900. The van der Waals surface area contributed by atoms with E-state index in [0.717, 1.165) is 32.6 Å². The van der Waals surface area contributed by atoms with Crippen molar-refractivity contribution in [2.45, 2.75) is 12.8 Å². The predicted molar refractivity (Wildman–Crippen MR) is 55.1 cm³/mol. The van der Waals surface area contributed by atoms with Gasteiger partial charge in [-0.2, -0.15) is 0 Å². The molecule has 0 aromatic heterocycles. The number of carbonyl (C=O) groups is 1. The van der Waals surface area contributed by atoms with E-state index >= 15 is 0 Å². The molecule has 0 aliphatic carbocycles. The number of amides is 1. The second kappa shape index (κ2) is 5.98. The first-order valence-corrected chi connectivity index (χ1v) is 5.20. The molecule has 1 saturated heterocycles. The summed E-state index contributed by atoms with van der Waals surface area (Å²) in [7, 11) is 3.66. The van der Waals surface area contributed by atoms with Crippen LogP contribution in [0.2, 0.25) is 0 Å². The molecular weight excluding hydrogens is 180 g/mol. The maximum atomic E-state index is 11.4. The lowest BCUT2D eigenvalue weighted by molar-refractivity contribution is -0.129. The molecule has 1 amide bonds. The summed E-state index contributed by atoms with van der Waals surface area (Å²) in [5, 5.41) is 2.87. The van der Waals surface area contributed by atoms with E-state index < -0.39 is 0 Å². The Morgan fingerprint density at radius 2 is 2.14 bits per heavy atom. The van der Waals surface area contributed by atoms with Crippen LogP contribution in [0.3, 0.4) is 0 Å². The summed E-state index contributed by atoms with van der Waals surface area (Å²) in [6.07, 6.45) is 2.16. The molecule has 0 atom stereocenters. The minimum Gasteiger partial charge on any atom is -0.381 e. The van der Waals surface area contributed by atoms with Crippen LogP contribution in [0.15, 0.2) is 0 Å². The molecule has 1 heterocycles. The summed E-state index contributed by atoms with van der Waals surface area (Å²) in [6, 6.07) is 0. The number of rotatable bonds is 4. The SMILES string of the molecule is CNCC(=O)N(C)CC1CCOCC1. The fourth-order valence-corrected chi connectivity index (χ4v) is 1.70. The maximum absolute atomic E-state index is 11.4. The van der Waals surface area contributed by atoms with Crippen molar-refractivity contribution in [1.82, 2.24) is 10.2 Å². The number of nitrogens with zero attached hydrogens (tertiary/aromatic N) is 1. The fourth-order valence-electron chi connectivity index (χ4n) is 1.70. The molecule has 0 unspecified atom stereocenters. The molecule has 82 valence electrons. The Morgan fingerprint density at radius 3 is 2.71 bits per heavy atom. The Balaban J connectivity index is 2.24. The summed E-state index contributed by atoms with van der Waals surface area (Å²) < 4.78 is 5.27. The van der Waals surface area contributed by atoms with Crippen LogP contribution in [0, 0.1) is 5.92 Å². The lowest BCUT2D eigenvalue weighted by atomic mass is 10.00. The smallest absolute Gasteiger partial charge is 0.236 e. The molecule has 1 N–H and O–H groups in total. The van der Waals surface area contributed by atoms with Crippen molar-refractivity contribution in [2.75, 3.05) is 40.4 Å². The molecule has 0 spiro atoms. The van der Waals surface area contributed by atoms with Gasteiger partial charge in [-0.3, -0.25) is 4.79 Å². The van der Waals surface area contributed by atoms with Gasteiger partial charge in [-0.1, -0.05) is 0 Å². The van der Waals surface area contributed by atoms with E-state index in [1.165, 1.54) is 0 Å². The highest BCUT2D eigenvalue weighted by atomic mass is 16.5. The normalized spacial score (nSPS) is 18.1. The molecule has 4 nitrogen and oxygen atoms in total. The maximum Gasteiger partial charge on any atom is 0.236 e. The van der Waals surface area contributed by atoms with Gasteiger partial charge in [0, 0.05) is 26.8 Å². The zero-order valence-electron chi connectivity index (χ0n) is 9.08. The van der Waals surface area contributed by atoms with Crippen LogP contribution in [0.4, 0.5) is 0 Å². The summed E-state index contributed by atoms with van der Waals surface area (Å²) in [4.78, 5) is 13.3. The Labute approximate surface area is 85.6 Å². The van der Waals surface area contributed by atoms with Gasteiger partial charge in [0.2, 0.25) is 5.91 Å². The molecule has 1 rings (SSSR count). The molecule has 1 aliphatic heterocycles. The van der Waals surface area contributed by atoms with Crippen molar-refractivity contribution >= 4 is 5.91 Å². The molecule has 1 fully saturated rings. The minimum absolute atomic E-state index is 0.166. The van der Waals surface area contributed by atoms with Crippen molar-refractivity contribution in [2.24, 2.45) is 5.92 Å². The third-order valence-corrected chi connectivity index (χ3v) is 2.63. The highest BCUT2D eigenvalue weighted by molar-refractivity contribution is 5.77. The highest BCUT2D eigenvalue weighted by Gasteiger charge is 2.17. The molecule has 0 bridgehead atoms. The van der Waals surface area contributed by atoms with Gasteiger partial charge in [0.15, 0.2) is 0 Å². The van der Waals surface area contributed by atoms with Gasteiger partial charge in [-0.05, 0) is 25.8 Å². The van der Waals surface area contributed by atoms with E-state index in [-0.39, 0.29) is 5.91 Å². The second-order valence-corrected chi connectivity index (χ2v) is 3.86. The summed E-state index contributed by atoms with van der Waals surface area (Å²) >= 11 is 0. The molecule has 1 aliphatic rings. The second-order valence-electron chi connectivity index (χ2n) is 3.86. The van der Waals surface area contributed by atoms with E-state index in [4.69, 9.17) is 4.74 Å². The number of hydrogen-bond donors (Lipinski definition) is 1. The lowest BCUT2D eigenvalue weighted by Crippen LogP contribution is -2.38. The minimum atomic E-state index is 0.166. The van der Waals surface area contributed by atoms with Gasteiger partial charge in [-0.15, -0.1) is 0 Å². The molecule has 14 heavy (non-hydrogen) atoms. The number of hydrogen-bond acceptors (Lipinski definition) is 3. The van der Waals surface area contributed by atoms with Crippen LogP contribution in [0.1, 0.15) is 12.8 Å². The van der Waals surface area contributed by atoms with E-state index in [1.807, 2.05) is 11.9 Å². The van der Waals surface area contributed by atoms with Gasteiger partial charge in [0.1, 0.15) is 0 Å². The van der Waals surface area contributed by atoms with Gasteiger partial charge in [0.05, 0.1) is 6.54 Å². The zero-order chi connectivity index (χ0) is 10.4. The lowest BCUT2D eigenvalue weighted by Gasteiger charge is -2.27. The zero-order valence-corrected chi connectivity index (χ0v) is 9.08. The number of ether oxygens (including phenoxy) is 1. The number of carbonyl (C=O) groups excluding carboxylic acids is 1. The molecule has 0 aromatic carbocycles. The average molecular weight is 200 g/mol. The third-order valence-electron chi connectivity index (χ3n) is 2.63. The molecule has 4 heteroatoms. The molecular formula is C10H20N2O2. The third kappa shape index (κ3) is 3.64. The predicted octanol–water partition coefficient (Wildman–Crippen LogP) is 0.0908. The first-order valence-electron chi connectivity index (χ1n) is 5.20. The van der Waals surface area contributed by atoms with Crippen LogP contribution in [0.5, 0.6) is 0 Å².